The molecule has 0 saturated heterocycles. The highest BCUT2D eigenvalue weighted by Gasteiger charge is 2.13. The van der Waals surface area contributed by atoms with Crippen LogP contribution in [0.15, 0.2) is 22.8 Å². The third kappa shape index (κ3) is 4.92. The molecule has 1 aromatic rings. The van der Waals surface area contributed by atoms with E-state index in [0.717, 1.165) is 4.47 Å². The Morgan fingerprint density at radius 1 is 1.69 bits per heavy atom. The number of nitrogens with zero attached hydrogens (tertiary/aromatic N) is 1. The quantitative estimate of drug-likeness (QED) is 0.866. The Balaban J connectivity index is 0.00000225. The normalized spacial score (nSPS) is 11.4. The summed E-state index contributed by atoms with van der Waals surface area (Å²) in [6, 6.07) is 3.19. The summed E-state index contributed by atoms with van der Waals surface area (Å²) in [6.07, 6.45) is 1.79. The molecule has 0 aliphatic carbocycles. The largest absolute Gasteiger partial charge is 0.466 e. The fourth-order valence-electron chi connectivity index (χ4n) is 1.13. The highest BCUT2D eigenvalue weighted by molar-refractivity contribution is 9.10. The minimum Gasteiger partial charge on any atom is -0.466 e. The molecule has 90 valence electrons. The lowest BCUT2D eigenvalue weighted by Gasteiger charge is -2.10. The fraction of sp³-hybridized carbons (Fsp3) is 0.400. The van der Waals surface area contributed by atoms with E-state index in [0.29, 0.717) is 12.3 Å². The molecule has 1 atom stereocenters. The number of pyridine rings is 1. The lowest BCUT2D eigenvalue weighted by molar-refractivity contribution is -0.143. The molecule has 4 nitrogen and oxygen atoms in total. The first kappa shape index (κ1) is 15.3. The van der Waals surface area contributed by atoms with Gasteiger partial charge in [-0.1, -0.05) is 15.9 Å². The molecule has 0 aromatic carbocycles. The van der Waals surface area contributed by atoms with Crippen molar-refractivity contribution in [3.8, 4) is 0 Å². The van der Waals surface area contributed by atoms with Crippen molar-refractivity contribution in [2.75, 3.05) is 6.61 Å². The van der Waals surface area contributed by atoms with E-state index >= 15 is 0 Å². The molecule has 1 unspecified atom stereocenters. The average molecular weight is 310 g/mol. The molecule has 0 aliphatic rings. The van der Waals surface area contributed by atoms with Crippen LogP contribution in [-0.4, -0.2) is 17.6 Å². The van der Waals surface area contributed by atoms with Crippen molar-refractivity contribution in [2.24, 2.45) is 5.73 Å². The Morgan fingerprint density at radius 3 is 2.94 bits per heavy atom. The van der Waals surface area contributed by atoms with Gasteiger partial charge < -0.3 is 10.5 Å². The Bertz CT molecular complexity index is 349. The molecule has 0 bridgehead atoms. The fourth-order valence-corrected chi connectivity index (χ4v) is 1.48. The maximum absolute atomic E-state index is 11.2. The number of nitrogens with two attached hydrogens (primary N) is 1. The molecule has 0 fully saturated rings. The first-order valence-electron chi connectivity index (χ1n) is 4.66. The van der Waals surface area contributed by atoms with E-state index in [2.05, 4.69) is 20.9 Å². The van der Waals surface area contributed by atoms with E-state index in [4.69, 9.17) is 10.5 Å². The van der Waals surface area contributed by atoms with Gasteiger partial charge >= 0.3 is 5.97 Å². The van der Waals surface area contributed by atoms with Gasteiger partial charge in [0.05, 0.1) is 24.8 Å². The van der Waals surface area contributed by atoms with E-state index in [9.17, 15) is 4.79 Å². The Kier molecular flexibility index (Phi) is 7.29. The van der Waals surface area contributed by atoms with Crippen molar-refractivity contribution in [1.82, 2.24) is 4.98 Å². The predicted octanol–water partition coefficient (Wildman–Crippen LogP) is 2.22. The number of carbonyl (C=O) groups is 1. The molecule has 1 rings (SSSR count). The van der Waals surface area contributed by atoms with Crippen LogP contribution in [0.4, 0.5) is 0 Å². The van der Waals surface area contributed by atoms with Crippen molar-refractivity contribution in [1.29, 1.82) is 0 Å². The Hall–Kier alpha value is -0.650. The zero-order valence-electron chi connectivity index (χ0n) is 8.85. The zero-order valence-corrected chi connectivity index (χ0v) is 11.3. The molecular formula is C10H14BrClN2O2. The van der Waals surface area contributed by atoms with Gasteiger partial charge in [-0.25, -0.2) is 0 Å². The summed E-state index contributed by atoms with van der Waals surface area (Å²) in [5, 5.41) is 0. The molecule has 2 N–H and O–H groups in total. The van der Waals surface area contributed by atoms with Crippen LogP contribution in [0.25, 0.3) is 0 Å². The highest BCUT2D eigenvalue weighted by atomic mass is 79.9. The third-order valence-corrected chi connectivity index (χ3v) is 2.31. The summed E-state index contributed by atoms with van der Waals surface area (Å²) >= 11 is 3.32. The van der Waals surface area contributed by atoms with Gasteiger partial charge in [0.2, 0.25) is 0 Å². The van der Waals surface area contributed by atoms with E-state index in [1.807, 2.05) is 0 Å². The number of hydrogen-bond donors (Lipinski definition) is 1. The molecule has 1 heterocycles. The number of halogens is 2. The molecule has 0 amide bonds. The Labute approximate surface area is 109 Å². The molecular weight excluding hydrogens is 295 g/mol. The van der Waals surface area contributed by atoms with Crippen LogP contribution in [-0.2, 0) is 9.53 Å². The van der Waals surface area contributed by atoms with Gasteiger partial charge in [-0.15, -0.1) is 12.4 Å². The van der Waals surface area contributed by atoms with Gasteiger partial charge in [0.1, 0.15) is 0 Å². The Morgan fingerprint density at radius 2 is 2.38 bits per heavy atom. The second kappa shape index (κ2) is 7.60. The number of hydrogen-bond acceptors (Lipinski definition) is 4. The molecule has 1 aromatic heterocycles. The van der Waals surface area contributed by atoms with Gasteiger partial charge in [0.25, 0.3) is 0 Å². The summed E-state index contributed by atoms with van der Waals surface area (Å²) < 4.78 is 5.70. The number of rotatable bonds is 4. The average Bonchev–Trinajstić information content (AvgIpc) is 2.18. The van der Waals surface area contributed by atoms with Crippen LogP contribution < -0.4 is 5.73 Å². The summed E-state index contributed by atoms with van der Waals surface area (Å²) in [5.41, 5.74) is 6.49. The monoisotopic (exact) mass is 308 g/mol. The third-order valence-electron chi connectivity index (χ3n) is 1.81. The van der Waals surface area contributed by atoms with Crippen LogP contribution >= 0.6 is 28.3 Å². The highest BCUT2D eigenvalue weighted by Crippen LogP contribution is 2.16. The first-order chi connectivity index (χ1) is 7.13. The van der Waals surface area contributed by atoms with Crippen molar-refractivity contribution in [3.63, 3.8) is 0 Å². The van der Waals surface area contributed by atoms with Crippen molar-refractivity contribution >= 4 is 34.3 Å². The predicted molar refractivity (Wildman–Crippen MR) is 67.4 cm³/mol. The van der Waals surface area contributed by atoms with Crippen molar-refractivity contribution in [3.05, 3.63) is 28.5 Å². The number of carbonyl (C=O) groups excluding carboxylic acids is 1. The number of ether oxygens (including phenoxy) is 1. The summed E-state index contributed by atoms with van der Waals surface area (Å²) in [5.74, 6) is -0.299. The number of aromatic nitrogens is 1. The lowest BCUT2D eigenvalue weighted by Crippen LogP contribution is -2.18. The van der Waals surface area contributed by atoms with Crippen LogP contribution in [0, 0.1) is 0 Å². The lowest BCUT2D eigenvalue weighted by atomic mass is 10.1. The number of esters is 1. The standard InChI is InChI=1S/C10H13BrN2O2.ClH/c1-2-15-10(14)6-8(12)9-5-7(11)3-4-13-9;/h3-5,8H,2,6,12H2,1H3;1H. The van der Waals surface area contributed by atoms with Gasteiger partial charge in [-0.2, -0.15) is 0 Å². The second-order valence-electron chi connectivity index (χ2n) is 3.01. The first-order valence-corrected chi connectivity index (χ1v) is 5.45. The molecule has 16 heavy (non-hydrogen) atoms. The van der Waals surface area contributed by atoms with E-state index in [1.54, 1.807) is 25.3 Å². The van der Waals surface area contributed by atoms with Crippen LogP contribution in [0.1, 0.15) is 25.1 Å². The minimum absolute atomic E-state index is 0. The maximum atomic E-state index is 11.2. The molecule has 0 radical (unpaired) electrons. The zero-order chi connectivity index (χ0) is 11.3. The van der Waals surface area contributed by atoms with E-state index in [-0.39, 0.29) is 24.8 Å². The van der Waals surface area contributed by atoms with E-state index in [1.165, 1.54) is 0 Å². The van der Waals surface area contributed by atoms with Crippen molar-refractivity contribution in [2.45, 2.75) is 19.4 Å². The van der Waals surface area contributed by atoms with Crippen LogP contribution in [0.2, 0.25) is 0 Å². The summed E-state index contributed by atoms with van der Waals surface area (Å²) in [7, 11) is 0. The summed E-state index contributed by atoms with van der Waals surface area (Å²) in [4.78, 5) is 15.3. The topological polar surface area (TPSA) is 65.2 Å². The molecule has 0 aliphatic heterocycles. The smallest absolute Gasteiger partial charge is 0.307 e. The molecule has 0 spiro atoms. The van der Waals surface area contributed by atoms with Gasteiger partial charge in [-0.05, 0) is 19.1 Å². The van der Waals surface area contributed by atoms with Crippen molar-refractivity contribution < 1.29 is 9.53 Å². The SMILES string of the molecule is CCOC(=O)CC(N)c1cc(Br)ccn1.Cl. The maximum Gasteiger partial charge on any atom is 0.307 e. The molecule has 0 saturated carbocycles. The second-order valence-corrected chi connectivity index (χ2v) is 3.93. The van der Waals surface area contributed by atoms with E-state index < -0.39 is 6.04 Å². The van der Waals surface area contributed by atoms with Crippen LogP contribution in [0.3, 0.4) is 0 Å². The molecule has 6 heteroatoms. The van der Waals surface area contributed by atoms with Gasteiger partial charge in [-0.3, -0.25) is 9.78 Å². The summed E-state index contributed by atoms with van der Waals surface area (Å²) in [6.45, 7) is 2.14. The van der Waals surface area contributed by atoms with Gasteiger partial charge in [0, 0.05) is 10.7 Å². The minimum atomic E-state index is -0.415. The van der Waals surface area contributed by atoms with Gasteiger partial charge in [0.15, 0.2) is 0 Å². The van der Waals surface area contributed by atoms with Crippen LogP contribution in [0.5, 0.6) is 0 Å².